The predicted octanol–water partition coefficient (Wildman–Crippen LogP) is 0.739. The molecule has 0 unspecified atom stereocenters. The van der Waals surface area contributed by atoms with Crippen LogP contribution in [0.5, 0.6) is 0 Å². The van der Waals surface area contributed by atoms with E-state index in [4.69, 9.17) is 0 Å². The van der Waals surface area contributed by atoms with Gasteiger partial charge in [-0.05, 0) is 37.1 Å². The first-order valence-electron chi connectivity index (χ1n) is 7.99. The molecule has 9 heteroatoms. The summed E-state index contributed by atoms with van der Waals surface area (Å²) in [6, 6.07) is 5.66. The molecule has 1 aliphatic heterocycles. The molecule has 4 rings (SSSR count). The van der Waals surface area contributed by atoms with Gasteiger partial charge >= 0.3 is 0 Å². The lowest BCUT2D eigenvalue weighted by Crippen LogP contribution is -2.36. The lowest BCUT2D eigenvalue weighted by molar-refractivity contribution is -0.131. The minimum atomic E-state index is -0.425. The van der Waals surface area contributed by atoms with Crippen LogP contribution >= 0.6 is 0 Å². The molecular formula is C16H15FN6O2. The van der Waals surface area contributed by atoms with E-state index in [1.54, 1.807) is 4.90 Å². The Kier molecular flexibility index (Phi) is 3.75. The van der Waals surface area contributed by atoms with Crippen LogP contribution in [-0.2, 0) is 11.3 Å². The Hall–Kier alpha value is -3.10. The van der Waals surface area contributed by atoms with E-state index in [2.05, 4.69) is 15.4 Å². The van der Waals surface area contributed by atoms with E-state index in [0.717, 1.165) is 17.5 Å². The number of benzene rings is 1. The second-order valence-electron chi connectivity index (χ2n) is 5.91. The fraction of sp³-hybridized carbons (Fsp3) is 0.312. The molecule has 0 bridgehead atoms. The number of aromatic nitrogens is 5. The summed E-state index contributed by atoms with van der Waals surface area (Å²) in [5.74, 6) is -0.506. The van der Waals surface area contributed by atoms with Crippen molar-refractivity contribution in [3.63, 3.8) is 0 Å². The highest BCUT2D eigenvalue weighted by molar-refractivity contribution is 5.77. The van der Waals surface area contributed by atoms with Crippen LogP contribution in [0.2, 0.25) is 0 Å². The zero-order valence-electron chi connectivity index (χ0n) is 13.3. The van der Waals surface area contributed by atoms with Crippen LogP contribution in [0, 0.1) is 5.82 Å². The van der Waals surface area contributed by atoms with E-state index in [0.29, 0.717) is 18.8 Å². The van der Waals surface area contributed by atoms with E-state index < -0.39 is 5.56 Å². The highest BCUT2D eigenvalue weighted by Gasteiger charge is 2.20. The van der Waals surface area contributed by atoms with Gasteiger partial charge in [-0.25, -0.2) is 13.8 Å². The summed E-state index contributed by atoms with van der Waals surface area (Å²) in [6.07, 6.45) is 3.35. The third-order valence-corrected chi connectivity index (χ3v) is 4.27. The van der Waals surface area contributed by atoms with Gasteiger partial charge in [-0.15, -0.1) is 5.10 Å². The Balaban J connectivity index is 1.68. The molecule has 3 aromatic rings. The number of hydrogen-bond donors (Lipinski definition) is 0. The van der Waals surface area contributed by atoms with Crippen LogP contribution in [0.15, 0.2) is 35.3 Å². The van der Waals surface area contributed by atoms with Crippen LogP contribution in [0.25, 0.3) is 16.7 Å². The molecule has 1 fully saturated rings. The molecule has 0 N–H and O–H groups in total. The van der Waals surface area contributed by atoms with Crippen molar-refractivity contribution in [2.75, 3.05) is 13.1 Å². The number of nitrogens with zero attached hydrogens (tertiary/aromatic N) is 6. The second kappa shape index (κ2) is 6.08. The summed E-state index contributed by atoms with van der Waals surface area (Å²) in [7, 11) is 0. The van der Waals surface area contributed by atoms with Gasteiger partial charge in [-0.1, -0.05) is 5.21 Å². The van der Waals surface area contributed by atoms with Crippen LogP contribution in [0.1, 0.15) is 12.8 Å². The molecular weight excluding hydrogens is 327 g/mol. The molecule has 0 spiro atoms. The lowest BCUT2D eigenvalue weighted by Gasteiger charge is -2.14. The molecule has 1 aromatic carbocycles. The van der Waals surface area contributed by atoms with Crippen molar-refractivity contribution >= 4 is 16.9 Å². The van der Waals surface area contributed by atoms with Gasteiger partial charge < -0.3 is 4.90 Å². The number of rotatable bonds is 3. The fourth-order valence-electron chi connectivity index (χ4n) is 2.93. The third kappa shape index (κ3) is 2.77. The molecule has 1 aliphatic rings. The largest absolute Gasteiger partial charge is 0.341 e. The Morgan fingerprint density at radius 2 is 1.88 bits per heavy atom. The number of carbonyl (C=O) groups excluding carboxylic acids is 1. The molecule has 8 nitrogen and oxygen atoms in total. The van der Waals surface area contributed by atoms with E-state index in [-0.39, 0.29) is 29.3 Å². The maximum absolute atomic E-state index is 13.1. The van der Waals surface area contributed by atoms with Crippen molar-refractivity contribution in [2.45, 2.75) is 19.4 Å². The van der Waals surface area contributed by atoms with Gasteiger partial charge in [-0.3, -0.25) is 9.59 Å². The second-order valence-corrected chi connectivity index (χ2v) is 5.91. The molecule has 1 saturated heterocycles. The summed E-state index contributed by atoms with van der Waals surface area (Å²) >= 11 is 0. The third-order valence-electron chi connectivity index (χ3n) is 4.27. The Bertz CT molecular complexity index is 988. The minimum Gasteiger partial charge on any atom is -0.341 e. The smallest absolute Gasteiger partial charge is 0.281 e. The van der Waals surface area contributed by atoms with Gasteiger partial charge in [0, 0.05) is 13.1 Å². The summed E-state index contributed by atoms with van der Waals surface area (Å²) in [4.78, 5) is 26.5. The van der Waals surface area contributed by atoms with Crippen LogP contribution in [0.3, 0.4) is 0 Å². The van der Waals surface area contributed by atoms with Crippen LogP contribution in [-0.4, -0.2) is 48.7 Å². The summed E-state index contributed by atoms with van der Waals surface area (Å²) < 4.78 is 15.5. The van der Waals surface area contributed by atoms with Crippen LogP contribution in [0.4, 0.5) is 4.39 Å². The molecule has 128 valence electrons. The average molecular weight is 342 g/mol. The topological polar surface area (TPSA) is 85.9 Å². The Labute approximate surface area is 141 Å². The summed E-state index contributed by atoms with van der Waals surface area (Å²) in [5.41, 5.74) is 0.406. The van der Waals surface area contributed by atoms with Gasteiger partial charge in [0.25, 0.3) is 5.56 Å². The number of hydrogen-bond acceptors (Lipinski definition) is 5. The molecule has 0 aliphatic carbocycles. The van der Waals surface area contributed by atoms with Gasteiger partial charge in [-0.2, -0.15) is 5.10 Å². The van der Waals surface area contributed by atoms with E-state index >= 15 is 0 Å². The first kappa shape index (κ1) is 15.4. The van der Waals surface area contributed by atoms with Gasteiger partial charge in [0.2, 0.25) is 5.91 Å². The first-order chi connectivity index (χ1) is 12.1. The molecule has 1 amide bonds. The number of fused-ring (bicyclic) bond motifs is 1. The Morgan fingerprint density at radius 3 is 2.60 bits per heavy atom. The fourth-order valence-corrected chi connectivity index (χ4v) is 2.93. The zero-order chi connectivity index (χ0) is 17.4. The van der Waals surface area contributed by atoms with Crippen molar-refractivity contribution in [2.24, 2.45) is 0 Å². The number of likely N-dealkylation sites (tertiary alicyclic amines) is 1. The van der Waals surface area contributed by atoms with Crippen LogP contribution < -0.4 is 5.56 Å². The van der Waals surface area contributed by atoms with E-state index in [9.17, 15) is 14.0 Å². The molecule has 25 heavy (non-hydrogen) atoms. The van der Waals surface area contributed by atoms with E-state index in [1.165, 1.54) is 35.1 Å². The number of carbonyl (C=O) groups is 1. The molecule has 3 heterocycles. The van der Waals surface area contributed by atoms with Gasteiger partial charge in [0.15, 0.2) is 5.65 Å². The van der Waals surface area contributed by atoms with E-state index in [1.807, 2.05) is 0 Å². The van der Waals surface area contributed by atoms with Crippen molar-refractivity contribution in [3.8, 4) is 5.69 Å². The average Bonchev–Trinajstić information content (AvgIpc) is 3.28. The molecule has 0 radical (unpaired) electrons. The maximum Gasteiger partial charge on any atom is 0.281 e. The highest BCUT2D eigenvalue weighted by Crippen LogP contribution is 2.14. The molecule has 0 saturated carbocycles. The maximum atomic E-state index is 13.1. The molecule has 2 aromatic heterocycles. The monoisotopic (exact) mass is 342 g/mol. The Morgan fingerprint density at radius 1 is 1.16 bits per heavy atom. The quantitative estimate of drug-likeness (QED) is 0.701. The summed E-state index contributed by atoms with van der Waals surface area (Å²) in [6.45, 7) is 1.29. The normalized spacial score (nSPS) is 14.4. The number of halogens is 1. The number of amides is 1. The summed E-state index contributed by atoms with van der Waals surface area (Å²) in [5, 5.41) is 12.3. The van der Waals surface area contributed by atoms with Crippen molar-refractivity contribution in [1.29, 1.82) is 0 Å². The van der Waals surface area contributed by atoms with Crippen molar-refractivity contribution in [3.05, 3.63) is 46.6 Å². The van der Waals surface area contributed by atoms with Gasteiger partial charge in [0.1, 0.15) is 17.7 Å². The van der Waals surface area contributed by atoms with Gasteiger partial charge in [0.05, 0.1) is 11.9 Å². The zero-order valence-corrected chi connectivity index (χ0v) is 13.3. The predicted molar refractivity (Wildman–Crippen MR) is 86.7 cm³/mol. The first-order valence-corrected chi connectivity index (χ1v) is 7.99. The van der Waals surface area contributed by atoms with Crippen molar-refractivity contribution < 1.29 is 9.18 Å². The molecule has 0 atom stereocenters. The lowest BCUT2D eigenvalue weighted by atomic mass is 10.3. The minimum absolute atomic E-state index is 0.135. The SMILES string of the molecule is O=C(Cn1nnc2c(cnn2-c2ccc(F)cc2)c1=O)N1CCCC1. The van der Waals surface area contributed by atoms with Crippen molar-refractivity contribution in [1.82, 2.24) is 29.7 Å². The highest BCUT2D eigenvalue weighted by atomic mass is 19.1. The standard InChI is InChI=1S/C16H15FN6O2/c17-11-3-5-12(6-4-11)23-15-13(9-18-23)16(25)22(20-19-15)10-14(24)21-7-1-2-8-21/h3-6,9H,1-2,7-8,10H2.